The van der Waals surface area contributed by atoms with E-state index in [1.807, 2.05) is 32.8 Å². The van der Waals surface area contributed by atoms with Crippen molar-refractivity contribution in [1.29, 1.82) is 0 Å². The number of aromatic carboxylic acids is 1. The minimum atomic E-state index is -1.05. The minimum absolute atomic E-state index is 0.00955. The molecule has 8 heteroatoms. The van der Waals surface area contributed by atoms with Crippen molar-refractivity contribution in [1.82, 2.24) is 14.8 Å². The standard InChI is InChI=1S/C23H26N4O4/c1-12-19(10-17-16-9-14(23(30)31)5-6-18(16)25-21(17)28)24-13(2)20(12)22(29)27-8-7-15(11-27)26(3)4/h5-6,9-10,15,24H,7-8,11H2,1-4H3,(H,25,28)(H,30,31)/t15-/m0/s1. The highest BCUT2D eigenvalue weighted by molar-refractivity contribution is 6.35. The van der Waals surface area contributed by atoms with E-state index >= 15 is 0 Å². The van der Waals surface area contributed by atoms with Crippen LogP contribution in [0.3, 0.4) is 0 Å². The predicted octanol–water partition coefficient (Wildman–Crippen LogP) is 2.60. The topological polar surface area (TPSA) is 106 Å². The summed E-state index contributed by atoms with van der Waals surface area (Å²) >= 11 is 0. The van der Waals surface area contributed by atoms with Crippen LogP contribution in [0, 0.1) is 13.8 Å². The van der Waals surface area contributed by atoms with Gasteiger partial charge in [0.25, 0.3) is 11.8 Å². The number of rotatable bonds is 4. The SMILES string of the molecule is Cc1[nH]c(C=C2C(=O)Nc3ccc(C(=O)O)cc32)c(C)c1C(=O)N1CC[C@H](N(C)C)C1. The number of nitrogens with zero attached hydrogens (tertiary/aromatic N) is 2. The fraction of sp³-hybridized carbons (Fsp3) is 0.348. The minimum Gasteiger partial charge on any atom is -0.478 e. The Bertz CT molecular complexity index is 1130. The number of fused-ring (bicyclic) bond motifs is 1. The zero-order chi connectivity index (χ0) is 22.4. The number of carboxylic acid groups (broad SMARTS) is 1. The van der Waals surface area contributed by atoms with Crippen molar-refractivity contribution in [2.45, 2.75) is 26.3 Å². The third kappa shape index (κ3) is 3.63. The highest BCUT2D eigenvalue weighted by Gasteiger charge is 2.31. The van der Waals surface area contributed by atoms with Gasteiger partial charge in [-0.05, 0) is 64.2 Å². The number of carbonyl (C=O) groups excluding carboxylic acids is 2. The molecule has 1 saturated heterocycles. The van der Waals surface area contributed by atoms with Gasteiger partial charge in [0.05, 0.1) is 16.7 Å². The number of nitrogens with one attached hydrogen (secondary N) is 2. The van der Waals surface area contributed by atoms with Gasteiger partial charge >= 0.3 is 5.97 Å². The molecule has 31 heavy (non-hydrogen) atoms. The maximum Gasteiger partial charge on any atom is 0.335 e. The second-order valence-electron chi connectivity index (χ2n) is 8.40. The molecule has 0 aliphatic carbocycles. The summed E-state index contributed by atoms with van der Waals surface area (Å²) in [4.78, 5) is 44.3. The van der Waals surface area contributed by atoms with E-state index in [1.165, 1.54) is 12.1 Å². The van der Waals surface area contributed by atoms with Crippen molar-refractivity contribution < 1.29 is 19.5 Å². The Hall–Kier alpha value is -3.39. The normalized spacial score (nSPS) is 19.3. The van der Waals surface area contributed by atoms with Crippen LogP contribution in [0.2, 0.25) is 0 Å². The quantitative estimate of drug-likeness (QED) is 0.657. The molecular formula is C23H26N4O4. The van der Waals surface area contributed by atoms with Gasteiger partial charge in [0.15, 0.2) is 0 Å². The predicted molar refractivity (Wildman–Crippen MR) is 118 cm³/mol. The molecule has 2 amide bonds. The molecule has 4 rings (SSSR count). The zero-order valence-corrected chi connectivity index (χ0v) is 18.1. The molecule has 8 nitrogen and oxygen atoms in total. The van der Waals surface area contributed by atoms with Gasteiger partial charge in [-0.15, -0.1) is 0 Å². The molecule has 1 atom stereocenters. The number of H-pyrrole nitrogens is 1. The monoisotopic (exact) mass is 422 g/mol. The Balaban J connectivity index is 1.68. The molecule has 1 fully saturated rings. The number of aryl methyl sites for hydroxylation is 1. The molecule has 162 valence electrons. The Morgan fingerprint density at radius 1 is 1.26 bits per heavy atom. The fourth-order valence-corrected chi connectivity index (χ4v) is 4.35. The lowest BCUT2D eigenvalue weighted by atomic mass is 10.0. The average molecular weight is 422 g/mol. The van der Waals surface area contributed by atoms with Gasteiger partial charge < -0.3 is 25.2 Å². The Morgan fingerprint density at radius 3 is 2.65 bits per heavy atom. The molecule has 1 aromatic heterocycles. The van der Waals surface area contributed by atoms with E-state index in [0.717, 1.165) is 24.2 Å². The first-order valence-corrected chi connectivity index (χ1v) is 10.2. The summed E-state index contributed by atoms with van der Waals surface area (Å²) in [5.74, 6) is -1.36. The highest BCUT2D eigenvalue weighted by Crippen LogP contribution is 2.35. The summed E-state index contributed by atoms with van der Waals surface area (Å²) < 4.78 is 0. The molecule has 2 aromatic rings. The Labute approximate surface area is 180 Å². The van der Waals surface area contributed by atoms with Crippen molar-refractivity contribution in [3.63, 3.8) is 0 Å². The first-order valence-electron chi connectivity index (χ1n) is 10.2. The number of aromatic amines is 1. The molecule has 3 N–H and O–H groups in total. The van der Waals surface area contributed by atoms with E-state index in [4.69, 9.17) is 0 Å². The van der Waals surface area contributed by atoms with Gasteiger partial charge in [-0.1, -0.05) is 0 Å². The molecule has 0 radical (unpaired) electrons. The molecule has 2 aliphatic heterocycles. The molecule has 0 unspecified atom stereocenters. The van der Waals surface area contributed by atoms with Gasteiger partial charge in [0, 0.05) is 41.8 Å². The van der Waals surface area contributed by atoms with E-state index in [-0.39, 0.29) is 17.4 Å². The number of hydrogen-bond donors (Lipinski definition) is 3. The van der Waals surface area contributed by atoms with E-state index < -0.39 is 5.97 Å². The number of carboxylic acids is 1. The summed E-state index contributed by atoms with van der Waals surface area (Å²) in [6.07, 6.45) is 2.64. The molecule has 0 saturated carbocycles. The summed E-state index contributed by atoms with van der Waals surface area (Å²) in [6.45, 7) is 5.13. The molecule has 2 aliphatic rings. The second-order valence-corrected chi connectivity index (χ2v) is 8.40. The first kappa shape index (κ1) is 20.9. The lowest BCUT2D eigenvalue weighted by Crippen LogP contribution is -2.34. The molecular weight excluding hydrogens is 396 g/mol. The van der Waals surface area contributed by atoms with E-state index in [9.17, 15) is 19.5 Å². The van der Waals surface area contributed by atoms with Crippen molar-refractivity contribution >= 4 is 35.1 Å². The molecule has 0 bridgehead atoms. The van der Waals surface area contributed by atoms with Crippen molar-refractivity contribution in [3.05, 3.63) is 51.8 Å². The van der Waals surface area contributed by atoms with Crippen LogP contribution < -0.4 is 5.32 Å². The number of benzene rings is 1. The van der Waals surface area contributed by atoms with Crippen LogP contribution in [0.25, 0.3) is 11.6 Å². The van der Waals surface area contributed by atoms with Crippen molar-refractivity contribution in [2.24, 2.45) is 0 Å². The number of amides is 2. The van der Waals surface area contributed by atoms with Gasteiger partial charge in [0.1, 0.15) is 0 Å². The van der Waals surface area contributed by atoms with Crippen LogP contribution in [-0.2, 0) is 4.79 Å². The maximum absolute atomic E-state index is 13.2. The molecule has 3 heterocycles. The first-order chi connectivity index (χ1) is 14.7. The van der Waals surface area contributed by atoms with E-state index in [2.05, 4.69) is 15.2 Å². The highest BCUT2D eigenvalue weighted by atomic mass is 16.4. The van der Waals surface area contributed by atoms with E-state index in [0.29, 0.717) is 40.7 Å². The lowest BCUT2D eigenvalue weighted by Gasteiger charge is -2.20. The smallest absolute Gasteiger partial charge is 0.335 e. The van der Waals surface area contributed by atoms with Crippen LogP contribution in [0.5, 0.6) is 0 Å². The third-order valence-electron chi connectivity index (χ3n) is 6.21. The molecule has 0 spiro atoms. The molecule has 1 aromatic carbocycles. The van der Waals surface area contributed by atoms with Crippen LogP contribution in [-0.4, -0.2) is 70.9 Å². The number of likely N-dealkylation sites (N-methyl/N-ethyl adjacent to an activating group) is 1. The van der Waals surface area contributed by atoms with Crippen LogP contribution >= 0.6 is 0 Å². The Morgan fingerprint density at radius 2 is 2.00 bits per heavy atom. The van der Waals surface area contributed by atoms with Gasteiger partial charge in [0.2, 0.25) is 0 Å². The van der Waals surface area contributed by atoms with Crippen LogP contribution in [0.4, 0.5) is 5.69 Å². The average Bonchev–Trinajstić information content (AvgIpc) is 3.39. The number of hydrogen-bond acceptors (Lipinski definition) is 4. The summed E-state index contributed by atoms with van der Waals surface area (Å²) in [7, 11) is 4.05. The summed E-state index contributed by atoms with van der Waals surface area (Å²) in [5.41, 5.74) is 4.42. The fourth-order valence-electron chi connectivity index (χ4n) is 4.35. The zero-order valence-electron chi connectivity index (χ0n) is 18.1. The number of anilines is 1. The second kappa shape index (κ2) is 7.70. The lowest BCUT2D eigenvalue weighted by molar-refractivity contribution is -0.110. The summed E-state index contributed by atoms with van der Waals surface area (Å²) in [5, 5.41) is 12.0. The number of carbonyl (C=O) groups is 3. The van der Waals surface area contributed by atoms with Gasteiger partial charge in [-0.25, -0.2) is 4.79 Å². The maximum atomic E-state index is 13.2. The Kier molecular flexibility index (Phi) is 5.18. The van der Waals surface area contributed by atoms with Crippen LogP contribution in [0.1, 0.15) is 49.7 Å². The van der Waals surface area contributed by atoms with Crippen molar-refractivity contribution in [3.8, 4) is 0 Å². The summed E-state index contributed by atoms with van der Waals surface area (Å²) in [6, 6.07) is 4.90. The largest absolute Gasteiger partial charge is 0.478 e. The van der Waals surface area contributed by atoms with Gasteiger partial charge in [-0.2, -0.15) is 0 Å². The van der Waals surface area contributed by atoms with Gasteiger partial charge in [-0.3, -0.25) is 9.59 Å². The van der Waals surface area contributed by atoms with E-state index in [1.54, 1.807) is 12.1 Å². The number of likely N-dealkylation sites (tertiary alicyclic amines) is 1. The third-order valence-corrected chi connectivity index (χ3v) is 6.21. The van der Waals surface area contributed by atoms with Crippen LogP contribution in [0.15, 0.2) is 18.2 Å². The van der Waals surface area contributed by atoms with Crippen molar-refractivity contribution in [2.75, 3.05) is 32.5 Å². The number of aromatic nitrogens is 1.